The monoisotopic (exact) mass is 237 g/mol. The molecule has 0 saturated heterocycles. The van der Waals surface area contributed by atoms with E-state index < -0.39 is 0 Å². The van der Waals surface area contributed by atoms with E-state index in [1.54, 1.807) is 0 Å². The van der Waals surface area contributed by atoms with Crippen molar-refractivity contribution < 1.29 is 0 Å². The molecule has 0 unspecified atom stereocenters. The number of rotatable bonds is 7. The highest BCUT2D eigenvalue weighted by Gasteiger charge is 2.07. The molecule has 4 N–H and O–H groups in total. The molecule has 0 spiro atoms. The van der Waals surface area contributed by atoms with Gasteiger partial charge in [-0.15, -0.1) is 0 Å². The maximum absolute atomic E-state index is 5.41. The lowest BCUT2D eigenvalue weighted by molar-refractivity contribution is 0.666. The topological polar surface area (TPSA) is 75.9 Å². The summed E-state index contributed by atoms with van der Waals surface area (Å²) in [7, 11) is 0. The second-order valence-electron chi connectivity index (χ2n) is 4.11. The number of hydrazine groups is 1. The zero-order chi connectivity index (χ0) is 12.7. The van der Waals surface area contributed by atoms with Crippen LogP contribution < -0.4 is 16.6 Å². The Morgan fingerprint density at radius 2 is 1.82 bits per heavy atom. The van der Waals surface area contributed by atoms with E-state index in [0.29, 0.717) is 11.9 Å². The first kappa shape index (κ1) is 13.7. The summed E-state index contributed by atoms with van der Waals surface area (Å²) in [6, 6.07) is 2.29. The average molecular weight is 237 g/mol. The highest BCUT2D eigenvalue weighted by Crippen LogP contribution is 2.14. The van der Waals surface area contributed by atoms with Crippen molar-refractivity contribution >= 4 is 11.6 Å². The van der Waals surface area contributed by atoms with Gasteiger partial charge in [-0.2, -0.15) is 0 Å². The Morgan fingerprint density at radius 3 is 2.35 bits per heavy atom. The number of nitrogens with zero attached hydrogens (tertiary/aromatic N) is 2. The molecule has 1 aromatic rings. The van der Waals surface area contributed by atoms with E-state index in [1.807, 2.05) is 6.07 Å². The van der Waals surface area contributed by atoms with E-state index in [-0.39, 0.29) is 0 Å². The summed E-state index contributed by atoms with van der Waals surface area (Å²) in [6.45, 7) is 6.44. The quantitative estimate of drug-likeness (QED) is 0.501. The molecule has 0 aromatic carbocycles. The van der Waals surface area contributed by atoms with Crippen LogP contribution in [0, 0.1) is 0 Å². The van der Waals surface area contributed by atoms with Gasteiger partial charge in [0.1, 0.15) is 17.5 Å². The molecule has 0 bridgehead atoms. The van der Waals surface area contributed by atoms with Gasteiger partial charge in [-0.3, -0.25) is 0 Å². The van der Waals surface area contributed by atoms with E-state index in [1.165, 1.54) is 0 Å². The van der Waals surface area contributed by atoms with Crippen molar-refractivity contribution in [2.75, 3.05) is 10.7 Å². The Labute approximate surface area is 103 Å². The first-order chi connectivity index (χ1) is 8.23. The van der Waals surface area contributed by atoms with Crippen LogP contribution >= 0.6 is 0 Å². The normalized spacial score (nSPS) is 10.6. The van der Waals surface area contributed by atoms with Crippen molar-refractivity contribution in [3.8, 4) is 0 Å². The molecule has 0 atom stereocenters. The summed E-state index contributed by atoms with van der Waals surface area (Å²) in [5.41, 5.74) is 2.58. The molecule has 0 aliphatic carbocycles. The summed E-state index contributed by atoms with van der Waals surface area (Å²) in [4.78, 5) is 8.80. The number of aromatic nitrogens is 2. The van der Waals surface area contributed by atoms with Gasteiger partial charge in [-0.25, -0.2) is 15.8 Å². The first-order valence-corrected chi connectivity index (χ1v) is 6.34. The highest BCUT2D eigenvalue weighted by molar-refractivity contribution is 5.47. The Hall–Kier alpha value is -1.36. The van der Waals surface area contributed by atoms with Crippen LogP contribution in [0.1, 0.15) is 45.9 Å². The van der Waals surface area contributed by atoms with Crippen molar-refractivity contribution in [1.29, 1.82) is 0 Å². The standard InChI is InChI=1S/C12H23N5/c1-4-7-10-15-11(8-12(16-10)17-13)14-9(5-2)6-3/h8-9H,4-7,13H2,1-3H3,(H2,14,15,16,17). The van der Waals surface area contributed by atoms with E-state index >= 15 is 0 Å². The minimum Gasteiger partial charge on any atom is -0.367 e. The summed E-state index contributed by atoms with van der Waals surface area (Å²) in [5.74, 6) is 7.76. The van der Waals surface area contributed by atoms with E-state index in [2.05, 4.69) is 41.5 Å². The van der Waals surface area contributed by atoms with Crippen LogP contribution in [0.2, 0.25) is 0 Å². The third-order valence-electron chi connectivity index (χ3n) is 2.73. The molecule has 96 valence electrons. The molecular weight excluding hydrogens is 214 g/mol. The third kappa shape index (κ3) is 4.19. The van der Waals surface area contributed by atoms with Crippen molar-refractivity contribution in [2.45, 2.75) is 52.5 Å². The van der Waals surface area contributed by atoms with E-state index in [9.17, 15) is 0 Å². The van der Waals surface area contributed by atoms with Gasteiger partial charge in [0.2, 0.25) is 0 Å². The molecule has 1 rings (SSSR count). The minimum atomic E-state index is 0.449. The van der Waals surface area contributed by atoms with Crippen LogP contribution in [0.4, 0.5) is 11.6 Å². The lowest BCUT2D eigenvalue weighted by atomic mass is 10.2. The predicted molar refractivity (Wildman–Crippen MR) is 71.8 cm³/mol. The minimum absolute atomic E-state index is 0.449. The SMILES string of the molecule is CCCc1nc(NN)cc(NC(CC)CC)n1. The van der Waals surface area contributed by atoms with Crippen molar-refractivity contribution in [2.24, 2.45) is 5.84 Å². The Kier molecular flexibility index (Phi) is 5.69. The fourth-order valence-electron chi connectivity index (χ4n) is 1.68. The molecule has 0 saturated carbocycles. The molecule has 0 amide bonds. The molecule has 5 nitrogen and oxygen atoms in total. The molecule has 17 heavy (non-hydrogen) atoms. The number of hydrogen-bond acceptors (Lipinski definition) is 5. The first-order valence-electron chi connectivity index (χ1n) is 6.34. The number of aryl methyl sites for hydroxylation is 1. The van der Waals surface area contributed by atoms with Crippen molar-refractivity contribution in [3.63, 3.8) is 0 Å². The van der Waals surface area contributed by atoms with Gasteiger partial charge >= 0.3 is 0 Å². The zero-order valence-corrected chi connectivity index (χ0v) is 11.0. The van der Waals surface area contributed by atoms with Gasteiger partial charge in [0.15, 0.2) is 0 Å². The second-order valence-corrected chi connectivity index (χ2v) is 4.11. The molecule has 1 aromatic heterocycles. The van der Waals surface area contributed by atoms with Gasteiger partial charge in [-0.1, -0.05) is 20.8 Å². The number of anilines is 2. The van der Waals surface area contributed by atoms with Crippen LogP contribution in [0.5, 0.6) is 0 Å². The smallest absolute Gasteiger partial charge is 0.145 e. The molecule has 0 aliphatic rings. The maximum atomic E-state index is 5.41. The summed E-state index contributed by atoms with van der Waals surface area (Å²) < 4.78 is 0. The maximum Gasteiger partial charge on any atom is 0.145 e. The number of nitrogen functional groups attached to an aromatic ring is 1. The summed E-state index contributed by atoms with van der Waals surface area (Å²) in [5, 5.41) is 3.41. The average Bonchev–Trinajstić information content (AvgIpc) is 2.36. The molecule has 0 aliphatic heterocycles. The Bertz CT molecular complexity index is 336. The summed E-state index contributed by atoms with van der Waals surface area (Å²) >= 11 is 0. The van der Waals surface area contributed by atoms with Gasteiger partial charge in [0.25, 0.3) is 0 Å². The van der Waals surface area contributed by atoms with Gasteiger partial charge in [0, 0.05) is 18.5 Å². The zero-order valence-electron chi connectivity index (χ0n) is 11.0. The fourth-order valence-corrected chi connectivity index (χ4v) is 1.68. The highest BCUT2D eigenvalue weighted by atomic mass is 15.3. The number of nitrogens with one attached hydrogen (secondary N) is 2. The number of nitrogens with two attached hydrogens (primary N) is 1. The predicted octanol–water partition coefficient (Wildman–Crippen LogP) is 2.32. The van der Waals surface area contributed by atoms with E-state index in [4.69, 9.17) is 5.84 Å². The Balaban J connectivity index is 2.85. The molecule has 5 heteroatoms. The van der Waals surface area contributed by atoms with Crippen LogP contribution in [0.3, 0.4) is 0 Å². The van der Waals surface area contributed by atoms with Crippen molar-refractivity contribution in [1.82, 2.24) is 9.97 Å². The summed E-state index contributed by atoms with van der Waals surface area (Å²) in [6.07, 6.45) is 4.05. The lowest BCUT2D eigenvalue weighted by Gasteiger charge is -2.16. The van der Waals surface area contributed by atoms with Gasteiger partial charge in [0.05, 0.1) is 0 Å². The molecular formula is C12H23N5. The molecule has 1 heterocycles. The van der Waals surface area contributed by atoms with Crippen LogP contribution in [-0.4, -0.2) is 16.0 Å². The Morgan fingerprint density at radius 1 is 1.18 bits per heavy atom. The third-order valence-corrected chi connectivity index (χ3v) is 2.73. The molecule has 0 fully saturated rings. The van der Waals surface area contributed by atoms with Crippen LogP contribution in [-0.2, 0) is 6.42 Å². The van der Waals surface area contributed by atoms with E-state index in [0.717, 1.165) is 37.3 Å². The second kappa shape index (κ2) is 7.06. The van der Waals surface area contributed by atoms with Crippen LogP contribution in [0.15, 0.2) is 6.07 Å². The van der Waals surface area contributed by atoms with Crippen LogP contribution in [0.25, 0.3) is 0 Å². The fraction of sp³-hybridized carbons (Fsp3) is 0.667. The largest absolute Gasteiger partial charge is 0.367 e. The van der Waals surface area contributed by atoms with Gasteiger partial charge < -0.3 is 10.7 Å². The lowest BCUT2D eigenvalue weighted by Crippen LogP contribution is -2.19. The molecule has 0 radical (unpaired) electrons. The van der Waals surface area contributed by atoms with Crippen molar-refractivity contribution in [3.05, 3.63) is 11.9 Å². The number of hydrogen-bond donors (Lipinski definition) is 3. The van der Waals surface area contributed by atoms with Gasteiger partial charge in [-0.05, 0) is 19.3 Å².